The first-order chi connectivity index (χ1) is 28.4. The van der Waals surface area contributed by atoms with Crippen LogP contribution < -0.4 is 16.0 Å². The molecule has 2 aromatic heterocycles. The molecule has 0 radical (unpaired) electrons. The second-order valence-corrected chi connectivity index (χ2v) is 14.2. The maximum absolute atomic E-state index is 5.43. The number of H-pyrrole nitrogens is 2. The number of benzene rings is 4. The fourth-order valence-electron chi connectivity index (χ4n) is 7.54. The Morgan fingerprint density at radius 1 is 0.414 bits per heavy atom. The van der Waals surface area contributed by atoms with E-state index >= 15 is 0 Å². The Hall–Kier alpha value is -6.39. The monoisotopic (exact) mass is 762 g/mol. The fraction of sp³-hybridized carbons (Fsp3) is 0.204. The van der Waals surface area contributed by atoms with Crippen LogP contribution in [-0.2, 0) is 0 Å². The number of aliphatic imine (C=N–C) groups is 1. The minimum atomic E-state index is -0.0680. The van der Waals surface area contributed by atoms with Crippen molar-refractivity contribution in [1.82, 2.24) is 15.3 Å². The van der Waals surface area contributed by atoms with Crippen LogP contribution >= 0.6 is 0 Å². The van der Waals surface area contributed by atoms with Gasteiger partial charge >= 0.3 is 0 Å². The highest BCUT2D eigenvalue weighted by molar-refractivity contribution is 6.32. The topological polar surface area (TPSA) is 56.0 Å². The summed E-state index contributed by atoms with van der Waals surface area (Å²) in [5, 5.41) is 6.07. The van der Waals surface area contributed by atoms with E-state index in [1.807, 2.05) is 41.5 Å². The first kappa shape index (κ1) is 41.2. The van der Waals surface area contributed by atoms with Crippen LogP contribution in [-0.4, -0.2) is 21.7 Å². The lowest BCUT2D eigenvalue weighted by Gasteiger charge is -2.19. The quantitative estimate of drug-likeness (QED) is 0.165. The molecule has 3 aliphatic rings. The summed E-state index contributed by atoms with van der Waals surface area (Å²) in [6, 6.07) is 44.0. The normalized spacial score (nSPS) is 19.5. The average Bonchev–Trinajstić information content (AvgIpc) is 4.11. The van der Waals surface area contributed by atoms with E-state index in [1.54, 1.807) is 0 Å². The van der Waals surface area contributed by atoms with Gasteiger partial charge in [-0.2, -0.15) is 0 Å². The van der Waals surface area contributed by atoms with Crippen molar-refractivity contribution >= 4 is 28.0 Å². The lowest BCUT2D eigenvalue weighted by atomic mass is 9.97. The van der Waals surface area contributed by atoms with Gasteiger partial charge in [0, 0.05) is 50.1 Å². The van der Waals surface area contributed by atoms with Crippen LogP contribution in [0, 0.1) is 27.7 Å². The van der Waals surface area contributed by atoms with Gasteiger partial charge in [0.25, 0.3) is 0 Å². The molecule has 4 heteroatoms. The number of nitrogens with one attached hydrogen (secondary N) is 3. The third kappa shape index (κ3) is 8.47. The molecule has 4 nitrogen and oxygen atoms in total. The van der Waals surface area contributed by atoms with Gasteiger partial charge in [0.05, 0.1) is 17.5 Å². The van der Waals surface area contributed by atoms with E-state index in [2.05, 4.69) is 189 Å². The van der Waals surface area contributed by atoms with Gasteiger partial charge in [0.1, 0.15) is 0 Å². The molecule has 5 heterocycles. The van der Waals surface area contributed by atoms with Gasteiger partial charge in [0.15, 0.2) is 0 Å². The first-order valence-electron chi connectivity index (χ1n) is 21.0. The minimum absolute atomic E-state index is 0.0680. The highest BCUT2D eigenvalue weighted by Crippen LogP contribution is 2.35. The second kappa shape index (κ2) is 18.7. The van der Waals surface area contributed by atoms with Gasteiger partial charge in [-0.3, -0.25) is 0 Å². The number of rotatable bonds is 4. The molecular formula is C54H58N4. The number of allylic oxidation sites excluding steroid dienone is 4. The zero-order chi connectivity index (χ0) is 41.3. The summed E-state index contributed by atoms with van der Waals surface area (Å²) in [5.74, 6) is 0. The molecule has 1 atom stereocenters. The molecule has 0 saturated carbocycles. The minimum Gasteiger partial charge on any atom is -0.374 e. The Labute approximate surface area is 345 Å². The largest absolute Gasteiger partial charge is 0.374 e. The Balaban J connectivity index is 0.000000905. The van der Waals surface area contributed by atoms with Gasteiger partial charge in [-0.25, -0.2) is 4.99 Å². The van der Waals surface area contributed by atoms with E-state index in [4.69, 9.17) is 4.99 Å². The zero-order valence-electron chi connectivity index (χ0n) is 35.9. The molecule has 9 rings (SSSR count). The molecule has 294 valence electrons. The number of hydrogen-bond donors (Lipinski definition) is 3. The Morgan fingerprint density at radius 3 is 1.40 bits per heavy atom. The van der Waals surface area contributed by atoms with Gasteiger partial charge in [-0.15, -0.1) is 0 Å². The van der Waals surface area contributed by atoms with Crippen LogP contribution in [0.1, 0.15) is 97.4 Å². The van der Waals surface area contributed by atoms with Crippen LogP contribution in [0.3, 0.4) is 0 Å². The Bertz CT molecular complexity index is 2630. The maximum atomic E-state index is 5.43. The number of hydrogen-bond acceptors (Lipinski definition) is 2. The average molecular weight is 763 g/mol. The van der Waals surface area contributed by atoms with Crippen molar-refractivity contribution in [2.75, 3.05) is 0 Å². The molecule has 0 amide bonds. The van der Waals surface area contributed by atoms with Gasteiger partial charge < -0.3 is 15.3 Å². The van der Waals surface area contributed by atoms with Gasteiger partial charge in [0.2, 0.25) is 0 Å². The van der Waals surface area contributed by atoms with Crippen molar-refractivity contribution < 1.29 is 0 Å². The van der Waals surface area contributed by atoms with Crippen molar-refractivity contribution in [3.05, 3.63) is 224 Å². The molecule has 0 saturated heterocycles. The van der Waals surface area contributed by atoms with E-state index in [0.717, 1.165) is 72.6 Å². The predicted molar refractivity (Wildman–Crippen MR) is 249 cm³/mol. The standard InChI is InChI=1S/C48H40N4.3C2H6/c1-29-5-13-33(14-6-29)45-37-21-23-39(49-37)46(34-15-7-30(2)8-16-34)41-25-27-43(51-41)48(36-19-11-32(4)12-20-36)44-28-26-42(52-44)47(40-24-22-38(45)50-40)35-17-9-31(3)10-18-35;3*1-2/h5-28,37,49-50,52H,1-4H3;3*1-2H3/b45-38-,46-39-,47-40-,48-43-;;;. The number of fused-ring (bicyclic) bond motifs is 7. The summed E-state index contributed by atoms with van der Waals surface area (Å²) in [6.07, 6.45) is 8.85. The van der Waals surface area contributed by atoms with E-state index < -0.39 is 0 Å². The summed E-state index contributed by atoms with van der Waals surface area (Å²) in [4.78, 5) is 13.2. The highest BCUT2D eigenvalue weighted by atomic mass is 15.0. The summed E-state index contributed by atoms with van der Waals surface area (Å²) in [6.45, 7) is 20.5. The summed E-state index contributed by atoms with van der Waals surface area (Å²) >= 11 is 0. The first-order valence-corrected chi connectivity index (χ1v) is 21.0. The second-order valence-electron chi connectivity index (χ2n) is 14.2. The van der Waals surface area contributed by atoms with Gasteiger partial charge in [-0.05, 0) is 92.4 Å². The molecular weight excluding hydrogens is 705 g/mol. The number of aromatic nitrogens is 2. The smallest absolute Gasteiger partial charge is 0.0737 e. The molecule has 0 spiro atoms. The molecule has 0 fully saturated rings. The number of aryl methyl sites for hydroxylation is 4. The van der Waals surface area contributed by atoms with Crippen molar-refractivity contribution in [2.24, 2.45) is 4.99 Å². The van der Waals surface area contributed by atoms with Crippen molar-refractivity contribution in [3.8, 4) is 0 Å². The molecule has 8 bridgehead atoms. The van der Waals surface area contributed by atoms with Crippen molar-refractivity contribution in [3.63, 3.8) is 0 Å². The third-order valence-corrected chi connectivity index (χ3v) is 10.4. The van der Waals surface area contributed by atoms with Crippen molar-refractivity contribution in [1.29, 1.82) is 0 Å². The number of nitrogens with zero attached hydrogens (tertiary/aromatic N) is 1. The van der Waals surface area contributed by atoms with Gasteiger partial charge in [-0.1, -0.05) is 167 Å². The maximum Gasteiger partial charge on any atom is 0.0737 e. The predicted octanol–water partition coefficient (Wildman–Crippen LogP) is 11.8. The summed E-state index contributed by atoms with van der Waals surface area (Å²) < 4.78 is 0. The van der Waals surface area contributed by atoms with Crippen molar-refractivity contribution in [2.45, 2.75) is 75.3 Å². The number of aromatic amines is 2. The molecule has 3 N–H and O–H groups in total. The SMILES string of the molecule is CC.CC.CC.Cc1ccc(/C2=C3\C=CC(N3)/C(c3ccc(C)cc3)=c3/cc/c([nH]3)=C(\c3ccc(C)cc3)c3ccc([nH]3)/C(c3ccc(C)cc3)=C3/C=CC2=N3)cc1. The van der Waals surface area contributed by atoms with Crippen LogP contribution in [0.4, 0.5) is 0 Å². The van der Waals surface area contributed by atoms with E-state index in [0.29, 0.717) is 0 Å². The molecule has 3 aliphatic heterocycles. The Kier molecular flexibility index (Phi) is 13.3. The Morgan fingerprint density at radius 2 is 0.862 bits per heavy atom. The van der Waals surface area contributed by atoms with E-state index in [1.165, 1.54) is 33.4 Å². The van der Waals surface area contributed by atoms with Crippen LogP contribution in [0.25, 0.3) is 22.3 Å². The van der Waals surface area contributed by atoms with Crippen LogP contribution in [0.15, 0.2) is 162 Å². The molecule has 6 aromatic rings. The third-order valence-electron chi connectivity index (χ3n) is 10.4. The molecule has 0 aliphatic carbocycles. The van der Waals surface area contributed by atoms with Crippen LogP contribution in [0.2, 0.25) is 0 Å². The van der Waals surface area contributed by atoms with Crippen LogP contribution in [0.5, 0.6) is 0 Å². The molecule has 4 aromatic carbocycles. The molecule has 58 heavy (non-hydrogen) atoms. The fourth-order valence-corrected chi connectivity index (χ4v) is 7.54. The van der Waals surface area contributed by atoms with E-state index in [9.17, 15) is 0 Å². The lowest BCUT2D eigenvalue weighted by molar-refractivity contribution is 0.857. The summed E-state index contributed by atoms with van der Waals surface area (Å²) in [7, 11) is 0. The zero-order valence-corrected chi connectivity index (χ0v) is 35.9. The summed E-state index contributed by atoms with van der Waals surface area (Å²) in [5.41, 5.74) is 18.9. The highest BCUT2D eigenvalue weighted by Gasteiger charge is 2.26. The van der Waals surface area contributed by atoms with E-state index in [-0.39, 0.29) is 6.04 Å². The lowest BCUT2D eigenvalue weighted by Crippen LogP contribution is -2.30. The molecule has 1 unspecified atom stereocenters.